The number of nitrogens with zero attached hydrogens (tertiary/aromatic N) is 1. The van der Waals surface area contributed by atoms with Crippen LogP contribution in [-0.2, 0) is 52.6 Å². The molecular weight excluding hydrogens is 987 g/mol. The van der Waals surface area contributed by atoms with E-state index in [2.05, 4.69) is 22.9 Å². The monoisotopic (exact) mass is 1060 g/mol. The van der Waals surface area contributed by atoms with E-state index in [4.69, 9.17) is 40.3 Å². The highest BCUT2D eigenvalue weighted by Crippen LogP contribution is 2.59. The average molecular weight is 1060 g/mol. The van der Waals surface area contributed by atoms with Crippen LogP contribution in [0.5, 0.6) is 11.5 Å². The molecule has 1 aliphatic heterocycles. The van der Waals surface area contributed by atoms with Gasteiger partial charge >= 0.3 is 23.9 Å². The summed E-state index contributed by atoms with van der Waals surface area (Å²) in [5.41, 5.74) is 1.01. The number of benzene rings is 1. The fourth-order valence-corrected chi connectivity index (χ4v) is 13.5. The topological polar surface area (TPSA) is 192 Å². The molecule has 0 aromatic heterocycles. The lowest BCUT2D eigenvalue weighted by molar-refractivity contribution is -0.249. The maximum atomic E-state index is 13.8. The van der Waals surface area contributed by atoms with Crippen LogP contribution in [0.25, 0.3) is 4.85 Å². The Kier molecular flexibility index (Phi) is 24.2. The molecule has 4 aliphatic carbocycles. The van der Waals surface area contributed by atoms with Gasteiger partial charge in [0.25, 0.3) is 5.70 Å². The van der Waals surface area contributed by atoms with E-state index in [9.17, 15) is 28.8 Å². The first-order valence-electron chi connectivity index (χ1n) is 27.0. The van der Waals surface area contributed by atoms with Crippen LogP contribution >= 0.6 is 23.5 Å². The van der Waals surface area contributed by atoms with Gasteiger partial charge in [0, 0.05) is 44.0 Å². The zero-order valence-corrected chi connectivity index (χ0v) is 45.1. The summed E-state index contributed by atoms with van der Waals surface area (Å²) in [6.07, 6.45) is 17.5. The molecule has 1 heterocycles. The third-order valence-corrected chi connectivity index (χ3v) is 17.9. The van der Waals surface area contributed by atoms with Crippen LogP contribution in [0.2, 0.25) is 0 Å². The van der Waals surface area contributed by atoms with E-state index in [1.807, 2.05) is 0 Å². The summed E-state index contributed by atoms with van der Waals surface area (Å²) in [5, 5.41) is 8.42. The number of carbonyl (C=O) groups excluding carboxylic acids is 6. The van der Waals surface area contributed by atoms with Crippen LogP contribution in [0.3, 0.4) is 0 Å². The third-order valence-electron chi connectivity index (χ3n) is 15.3. The van der Waals surface area contributed by atoms with E-state index in [1.54, 1.807) is 26.0 Å². The number of rotatable bonds is 27. The maximum absolute atomic E-state index is 13.8. The van der Waals surface area contributed by atoms with Gasteiger partial charge in [0.1, 0.15) is 29.7 Å². The number of unbranched alkanes of at least 4 members (excludes halogenated alkanes) is 1. The van der Waals surface area contributed by atoms with Gasteiger partial charge in [0.2, 0.25) is 0 Å². The molecule has 0 radical (unpaired) electrons. The Morgan fingerprint density at radius 3 is 1.68 bits per heavy atom. The van der Waals surface area contributed by atoms with E-state index in [1.165, 1.54) is 5.57 Å². The van der Waals surface area contributed by atoms with Crippen LogP contribution in [-0.4, -0.2) is 85.9 Å². The molecule has 17 heteroatoms. The minimum atomic E-state index is -0.768. The van der Waals surface area contributed by atoms with E-state index < -0.39 is 18.0 Å². The molecule has 5 aliphatic rings. The summed E-state index contributed by atoms with van der Waals surface area (Å²) in [7, 11) is 0. The van der Waals surface area contributed by atoms with E-state index in [0.29, 0.717) is 96.5 Å². The molecule has 0 spiro atoms. The van der Waals surface area contributed by atoms with E-state index >= 15 is 0 Å². The van der Waals surface area contributed by atoms with Crippen molar-refractivity contribution in [1.29, 1.82) is 0 Å². The highest BCUT2D eigenvalue weighted by molar-refractivity contribution is 8.24. The second kappa shape index (κ2) is 30.4. The number of fused-ring (bicyclic) bond motifs is 1. The van der Waals surface area contributed by atoms with E-state index in [-0.39, 0.29) is 77.4 Å². The molecule has 0 unspecified atom stereocenters. The minimum Gasteiger partial charge on any atom is -0.468 e. The van der Waals surface area contributed by atoms with Crippen molar-refractivity contribution in [3.63, 3.8) is 0 Å². The van der Waals surface area contributed by atoms with Gasteiger partial charge in [0.15, 0.2) is 0 Å². The Morgan fingerprint density at radius 1 is 0.676 bits per heavy atom. The molecule has 15 nitrogen and oxygen atoms in total. The molecule has 6 rings (SSSR count). The van der Waals surface area contributed by atoms with Gasteiger partial charge in [-0.15, -0.1) is 0 Å². The van der Waals surface area contributed by atoms with Crippen LogP contribution in [0, 0.1) is 48.0 Å². The molecule has 4 fully saturated rings. The van der Waals surface area contributed by atoms with Crippen molar-refractivity contribution in [1.82, 2.24) is 0 Å². The molecule has 0 bridgehead atoms. The second-order valence-corrected chi connectivity index (χ2v) is 23.2. The quantitative estimate of drug-likeness (QED) is 0.0128. The number of hydrogen-bond donors (Lipinski definition) is 1. The van der Waals surface area contributed by atoms with Crippen LogP contribution < -0.4 is 9.47 Å². The largest absolute Gasteiger partial charge is 0.468 e. The molecule has 1 aromatic carbocycles. The standard InChI is InChI=1S/C57H77NO14S2/c1-6-50(61)68-31-8-7-30-67-45-25-23-42(24-26-45)47(60)35-39-13-17-44(18-14-39)55(63)72-49-28-27-48(52-53(49)74-57(73-52)51(58-5)56(64)70-36(2)3)71-54(62)43-15-11-38(12-16-43)34-46(59)41-21-19-40(20-22-41)37(4)10-9-29-66-32-33-69-65/h6,27-28,36,38-45,65H,1,4,7-26,29-35H2,2-3H3/b57-51+. The number of ether oxygens (including phenoxy) is 6. The first-order chi connectivity index (χ1) is 35.8. The zero-order valence-electron chi connectivity index (χ0n) is 43.5. The summed E-state index contributed by atoms with van der Waals surface area (Å²) in [5.74, 6) is -0.646. The zero-order chi connectivity index (χ0) is 53.0. The second-order valence-electron chi connectivity index (χ2n) is 20.9. The molecule has 0 saturated heterocycles. The lowest BCUT2D eigenvalue weighted by Crippen LogP contribution is -2.30. The predicted octanol–water partition coefficient (Wildman–Crippen LogP) is 12.0. The highest BCUT2D eigenvalue weighted by atomic mass is 32.2. The molecule has 4 saturated carbocycles. The summed E-state index contributed by atoms with van der Waals surface area (Å²) < 4.78 is 34.4. The summed E-state index contributed by atoms with van der Waals surface area (Å²) >= 11 is 2.23. The number of ketones is 2. The number of esters is 4. The molecule has 0 atom stereocenters. The van der Waals surface area contributed by atoms with Crippen molar-refractivity contribution < 1.29 is 67.3 Å². The van der Waals surface area contributed by atoms with Gasteiger partial charge < -0.3 is 28.4 Å². The van der Waals surface area contributed by atoms with Gasteiger partial charge in [-0.05, 0) is 172 Å². The minimum absolute atomic E-state index is 0.0277. The van der Waals surface area contributed by atoms with Crippen LogP contribution in [0.1, 0.15) is 155 Å². The fourth-order valence-electron chi connectivity index (χ4n) is 11.0. The summed E-state index contributed by atoms with van der Waals surface area (Å²) in [6.45, 7) is 21.0. The Labute approximate surface area is 445 Å². The number of carbonyl (C=O) groups is 6. The van der Waals surface area contributed by atoms with Crippen molar-refractivity contribution in [2.45, 2.75) is 177 Å². The van der Waals surface area contributed by atoms with Crippen LogP contribution in [0.4, 0.5) is 0 Å². The third kappa shape index (κ3) is 17.9. The Hall–Kier alpha value is -4.31. The van der Waals surface area contributed by atoms with Crippen molar-refractivity contribution >= 4 is 59.0 Å². The van der Waals surface area contributed by atoms with Crippen molar-refractivity contribution in [3.8, 4) is 11.5 Å². The molecule has 1 N–H and O–H groups in total. The fraction of sp³-hybridized carbons (Fsp3) is 0.667. The first-order valence-corrected chi connectivity index (χ1v) is 28.7. The predicted molar refractivity (Wildman–Crippen MR) is 280 cm³/mol. The average Bonchev–Trinajstić information content (AvgIpc) is 3.85. The summed E-state index contributed by atoms with van der Waals surface area (Å²) in [6, 6.07) is 3.21. The van der Waals surface area contributed by atoms with E-state index in [0.717, 1.165) is 132 Å². The van der Waals surface area contributed by atoms with Gasteiger partial charge in [-0.25, -0.2) is 14.5 Å². The molecule has 406 valence electrons. The molecular formula is C57H77NO14S2. The lowest BCUT2D eigenvalue weighted by atomic mass is 9.73. The molecule has 0 amide bonds. The smallest absolute Gasteiger partial charge is 0.338 e. The Morgan fingerprint density at radius 2 is 1.18 bits per heavy atom. The van der Waals surface area contributed by atoms with Gasteiger partial charge in [-0.1, -0.05) is 42.3 Å². The maximum Gasteiger partial charge on any atom is 0.338 e. The van der Waals surface area contributed by atoms with Crippen molar-refractivity contribution in [3.05, 3.63) is 58.3 Å². The van der Waals surface area contributed by atoms with Crippen molar-refractivity contribution in [2.75, 3.05) is 33.0 Å². The summed E-state index contributed by atoms with van der Waals surface area (Å²) in [4.78, 5) is 87.2. The van der Waals surface area contributed by atoms with Gasteiger partial charge in [0.05, 0.1) is 57.9 Å². The van der Waals surface area contributed by atoms with Crippen LogP contribution in [0.15, 0.2) is 56.7 Å². The Bertz CT molecular complexity index is 2190. The normalized spacial score (nSPS) is 25.4. The van der Waals surface area contributed by atoms with Crippen molar-refractivity contribution in [2.24, 2.45) is 41.4 Å². The Balaban J connectivity index is 0.966. The van der Waals surface area contributed by atoms with Gasteiger partial charge in [-0.3, -0.25) is 29.2 Å². The lowest BCUT2D eigenvalue weighted by Gasteiger charge is -2.31. The number of thioether (sulfide) groups is 2. The number of hydrogen-bond acceptors (Lipinski definition) is 16. The first kappa shape index (κ1) is 58.9. The van der Waals surface area contributed by atoms with Gasteiger partial charge in [-0.2, -0.15) is 0 Å². The molecule has 1 aromatic rings. The number of allylic oxidation sites excluding steroid dienone is 1. The molecule has 74 heavy (non-hydrogen) atoms. The SMILES string of the molecule is [C-]#[N+]/C(C(=O)OC(C)C)=C1/Sc2c(OC(=O)C3CCC(CC(=O)C4CCC(OCCCCOC(=O)C=C)CC4)CC3)ccc(OC(=O)C3CCC(CC(=O)C4CCC(C(=C)CCCOCCOO)CC4)CC3)c2S1. The highest BCUT2D eigenvalue weighted by Gasteiger charge is 2.37. The number of Topliss-reactive ketones (excluding diaryl/α,β-unsaturated/α-hetero) is 2.